The Labute approximate surface area is 152 Å². The van der Waals surface area contributed by atoms with Crippen molar-refractivity contribution in [3.8, 4) is 5.75 Å². The Balaban J connectivity index is 1.84. The van der Waals surface area contributed by atoms with Crippen molar-refractivity contribution in [1.29, 1.82) is 0 Å². The summed E-state index contributed by atoms with van der Waals surface area (Å²) in [4.78, 5) is 23.6. The molecule has 0 aliphatic carbocycles. The topological polar surface area (TPSA) is 90.7 Å². The monoisotopic (exact) mass is 360 g/mol. The summed E-state index contributed by atoms with van der Waals surface area (Å²) in [6, 6.07) is 6.59. The van der Waals surface area contributed by atoms with Gasteiger partial charge >= 0.3 is 5.97 Å². The number of ether oxygens (including phenoxy) is 2. The van der Waals surface area contributed by atoms with E-state index in [2.05, 4.69) is 10.5 Å². The lowest BCUT2D eigenvalue weighted by molar-refractivity contribution is -0.124. The molecule has 2 rings (SSSR count). The maximum Gasteiger partial charge on any atom is 0.338 e. The SMILES string of the molecule is CCC(C)NC(=O)COC(=O)c1ccc(OCc2c(C)noc2C)cc1. The van der Waals surface area contributed by atoms with E-state index in [1.165, 1.54) is 0 Å². The van der Waals surface area contributed by atoms with E-state index in [-0.39, 0.29) is 18.6 Å². The molecule has 0 spiro atoms. The highest BCUT2D eigenvalue weighted by Gasteiger charge is 2.13. The van der Waals surface area contributed by atoms with Gasteiger partial charge in [-0.3, -0.25) is 4.79 Å². The van der Waals surface area contributed by atoms with Gasteiger partial charge in [-0.25, -0.2) is 4.79 Å². The lowest BCUT2D eigenvalue weighted by atomic mass is 10.2. The quantitative estimate of drug-likeness (QED) is 0.728. The van der Waals surface area contributed by atoms with Gasteiger partial charge in [0.1, 0.15) is 18.1 Å². The van der Waals surface area contributed by atoms with E-state index >= 15 is 0 Å². The van der Waals surface area contributed by atoms with E-state index in [9.17, 15) is 9.59 Å². The molecule has 1 heterocycles. The van der Waals surface area contributed by atoms with Crippen LogP contribution in [0.5, 0.6) is 5.75 Å². The van der Waals surface area contributed by atoms with Crippen molar-refractivity contribution < 1.29 is 23.6 Å². The number of amides is 1. The van der Waals surface area contributed by atoms with Crippen LogP contribution in [-0.2, 0) is 16.1 Å². The average molecular weight is 360 g/mol. The normalized spacial score (nSPS) is 11.7. The van der Waals surface area contributed by atoms with Crippen LogP contribution in [0.15, 0.2) is 28.8 Å². The van der Waals surface area contributed by atoms with Gasteiger partial charge in [0.15, 0.2) is 6.61 Å². The van der Waals surface area contributed by atoms with Crippen LogP contribution >= 0.6 is 0 Å². The Morgan fingerprint density at radius 1 is 1.23 bits per heavy atom. The number of esters is 1. The minimum atomic E-state index is -0.554. The van der Waals surface area contributed by atoms with E-state index in [1.54, 1.807) is 24.3 Å². The smallest absolute Gasteiger partial charge is 0.338 e. The third-order valence-corrected chi connectivity index (χ3v) is 4.01. The van der Waals surface area contributed by atoms with Gasteiger partial charge in [-0.1, -0.05) is 12.1 Å². The van der Waals surface area contributed by atoms with Gasteiger partial charge in [-0.05, 0) is 51.5 Å². The number of nitrogens with zero attached hydrogens (tertiary/aromatic N) is 1. The van der Waals surface area contributed by atoms with Crippen LogP contribution in [0.25, 0.3) is 0 Å². The molecule has 1 unspecified atom stereocenters. The number of benzene rings is 1. The van der Waals surface area contributed by atoms with Crippen molar-refractivity contribution in [3.05, 3.63) is 46.8 Å². The molecule has 7 heteroatoms. The minimum absolute atomic E-state index is 0.0512. The molecular weight excluding hydrogens is 336 g/mol. The lowest BCUT2D eigenvalue weighted by Gasteiger charge is -2.11. The molecule has 0 bridgehead atoms. The molecule has 1 aromatic heterocycles. The Morgan fingerprint density at radius 3 is 2.50 bits per heavy atom. The molecule has 7 nitrogen and oxygen atoms in total. The van der Waals surface area contributed by atoms with Gasteiger partial charge in [0.05, 0.1) is 16.8 Å². The number of rotatable bonds is 8. The molecule has 1 amide bonds. The van der Waals surface area contributed by atoms with Crippen LogP contribution in [0.3, 0.4) is 0 Å². The highest BCUT2D eigenvalue weighted by molar-refractivity contribution is 5.91. The summed E-state index contributed by atoms with van der Waals surface area (Å²) >= 11 is 0. The molecule has 0 aliphatic heterocycles. The predicted molar refractivity (Wildman–Crippen MR) is 94.9 cm³/mol. The summed E-state index contributed by atoms with van der Waals surface area (Å²) in [5.41, 5.74) is 2.05. The molecule has 0 aliphatic rings. The first-order chi connectivity index (χ1) is 12.4. The fourth-order valence-electron chi connectivity index (χ4n) is 2.18. The molecule has 0 radical (unpaired) electrons. The Bertz CT molecular complexity index is 732. The van der Waals surface area contributed by atoms with Crippen LogP contribution in [0, 0.1) is 13.8 Å². The summed E-state index contributed by atoms with van der Waals surface area (Å²) in [5.74, 6) is 0.461. The van der Waals surface area contributed by atoms with Gasteiger partial charge < -0.3 is 19.3 Å². The Hall–Kier alpha value is -2.83. The molecule has 26 heavy (non-hydrogen) atoms. The van der Waals surface area contributed by atoms with Crippen molar-refractivity contribution in [2.45, 2.75) is 46.8 Å². The molecule has 140 valence electrons. The molecule has 1 N–H and O–H groups in total. The lowest BCUT2D eigenvalue weighted by Crippen LogP contribution is -2.35. The van der Waals surface area contributed by atoms with Crippen LogP contribution < -0.4 is 10.1 Å². The standard InChI is InChI=1S/C19H24N2O5/c1-5-12(2)20-18(22)11-25-19(23)15-6-8-16(9-7-15)24-10-17-13(3)21-26-14(17)4/h6-9,12H,5,10-11H2,1-4H3,(H,20,22). The van der Waals surface area contributed by atoms with E-state index in [0.29, 0.717) is 17.9 Å². The molecular formula is C19H24N2O5. The van der Waals surface area contributed by atoms with Crippen LogP contribution in [0.4, 0.5) is 0 Å². The second kappa shape index (κ2) is 9.03. The third kappa shape index (κ3) is 5.34. The zero-order valence-electron chi connectivity index (χ0n) is 15.5. The van der Waals surface area contributed by atoms with E-state index in [4.69, 9.17) is 14.0 Å². The molecule has 0 saturated carbocycles. The van der Waals surface area contributed by atoms with Crippen molar-refractivity contribution >= 4 is 11.9 Å². The maximum atomic E-state index is 12.0. The van der Waals surface area contributed by atoms with E-state index in [1.807, 2.05) is 27.7 Å². The molecule has 0 fully saturated rings. The summed E-state index contributed by atoms with van der Waals surface area (Å²) in [6.07, 6.45) is 0.815. The summed E-state index contributed by atoms with van der Waals surface area (Å²) < 4.78 is 15.8. The van der Waals surface area contributed by atoms with Crippen molar-refractivity contribution in [2.75, 3.05) is 6.61 Å². The predicted octanol–water partition coefficient (Wildman–Crippen LogP) is 2.94. The Kier molecular flexibility index (Phi) is 6.77. The molecule has 0 saturated heterocycles. The van der Waals surface area contributed by atoms with E-state index in [0.717, 1.165) is 23.4 Å². The molecule has 2 aromatic rings. The van der Waals surface area contributed by atoms with Crippen LogP contribution in [0.2, 0.25) is 0 Å². The first kappa shape index (κ1) is 19.5. The van der Waals surface area contributed by atoms with Gasteiger partial charge in [0, 0.05) is 6.04 Å². The van der Waals surface area contributed by atoms with Crippen LogP contribution in [0.1, 0.15) is 47.6 Å². The number of aromatic nitrogens is 1. The minimum Gasteiger partial charge on any atom is -0.489 e. The fourth-order valence-corrected chi connectivity index (χ4v) is 2.18. The number of carbonyl (C=O) groups is 2. The van der Waals surface area contributed by atoms with Gasteiger partial charge in [-0.15, -0.1) is 0 Å². The van der Waals surface area contributed by atoms with Crippen molar-refractivity contribution in [3.63, 3.8) is 0 Å². The second-order valence-electron chi connectivity index (χ2n) is 6.07. The first-order valence-corrected chi connectivity index (χ1v) is 8.51. The zero-order valence-corrected chi connectivity index (χ0v) is 15.5. The first-order valence-electron chi connectivity index (χ1n) is 8.51. The van der Waals surface area contributed by atoms with Gasteiger partial charge in [0.25, 0.3) is 5.91 Å². The highest BCUT2D eigenvalue weighted by Crippen LogP contribution is 2.18. The maximum absolute atomic E-state index is 12.0. The fraction of sp³-hybridized carbons (Fsp3) is 0.421. The second-order valence-corrected chi connectivity index (χ2v) is 6.07. The number of aryl methyl sites for hydroxylation is 2. The number of nitrogens with one attached hydrogen (secondary N) is 1. The third-order valence-electron chi connectivity index (χ3n) is 4.01. The summed E-state index contributed by atoms with van der Waals surface area (Å²) in [6.45, 7) is 7.57. The summed E-state index contributed by atoms with van der Waals surface area (Å²) in [5, 5.41) is 6.61. The molecule has 1 atom stereocenters. The van der Waals surface area contributed by atoms with Gasteiger partial charge in [-0.2, -0.15) is 0 Å². The largest absolute Gasteiger partial charge is 0.489 e. The summed E-state index contributed by atoms with van der Waals surface area (Å²) in [7, 11) is 0. The van der Waals surface area contributed by atoms with E-state index < -0.39 is 5.97 Å². The van der Waals surface area contributed by atoms with Crippen molar-refractivity contribution in [1.82, 2.24) is 10.5 Å². The Morgan fingerprint density at radius 2 is 1.92 bits per heavy atom. The molecule has 1 aromatic carbocycles. The average Bonchev–Trinajstić information content (AvgIpc) is 2.96. The number of hydrogen-bond donors (Lipinski definition) is 1. The van der Waals surface area contributed by atoms with Crippen LogP contribution in [-0.4, -0.2) is 29.7 Å². The zero-order chi connectivity index (χ0) is 19.1. The highest BCUT2D eigenvalue weighted by atomic mass is 16.5. The van der Waals surface area contributed by atoms with Crippen molar-refractivity contribution in [2.24, 2.45) is 0 Å². The number of hydrogen-bond acceptors (Lipinski definition) is 6. The van der Waals surface area contributed by atoms with Gasteiger partial charge in [0.2, 0.25) is 0 Å². The number of carbonyl (C=O) groups excluding carboxylic acids is 2.